The first kappa shape index (κ1) is 17.5. The first-order valence-corrected chi connectivity index (χ1v) is 7.58. The number of rotatable bonds is 4. The van der Waals surface area contributed by atoms with Gasteiger partial charge in [0, 0.05) is 12.1 Å². The Morgan fingerprint density at radius 3 is 2.58 bits per heavy atom. The Kier molecular flexibility index (Phi) is 5.18. The highest BCUT2D eigenvalue weighted by atomic mass is 16.6. The Morgan fingerprint density at radius 1 is 1.33 bits per heavy atom. The van der Waals surface area contributed by atoms with E-state index >= 15 is 0 Å². The van der Waals surface area contributed by atoms with Gasteiger partial charge >= 0.3 is 6.09 Å². The zero-order valence-electron chi connectivity index (χ0n) is 14.1. The maximum atomic E-state index is 12.7. The molecule has 1 heterocycles. The van der Waals surface area contributed by atoms with Gasteiger partial charge < -0.3 is 4.74 Å². The van der Waals surface area contributed by atoms with Gasteiger partial charge in [0.2, 0.25) is 0 Å². The van der Waals surface area contributed by atoms with Crippen LogP contribution in [0.15, 0.2) is 54.0 Å². The lowest BCUT2D eigenvalue weighted by atomic mass is 10.2. The van der Waals surface area contributed by atoms with Crippen molar-refractivity contribution in [1.82, 2.24) is 9.55 Å². The van der Waals surface area contributed by atoms with Crippen LogP contribution in [0.5, 0.6) is 0 Å². The summed E-state index contributed by atoms with van der Waals surface area (Å²) in [7, 11) is 0. The van der Waals surface area contributed by atoms with Gasteiger partial charge in [-0.05, 0) is 20.8 Å². The van der Waals surface area contributed by atoms with Gasteiger partial charge in [-0.3, -0.25) is 14.7 Å². The monoisotopic (exact) mass is 327 g/mol. The lowest BCUT2D eigenvalue weighted by Gasteiger charge is -2.20. The third-order valence-electron chi connectivity index (χ3n) is 3.03. The molecular formula is C18H21N3O3. The molecule has 1 N–H and O–H groups in total. The van der Waals surface area contributed by atoms with E-state index in [0.717, 1.165) is 5.56 Å². The van der Waals surface area contributed by atoms with E-state index in [1.165, 1.54) is 10.8 Å². The Morgan fingerprint density at radius 2 is 2.00 bits per heavy atom. The fraction of sp³-hybridized carbons (Fsp3) is 0.278. The Bertz CT molecular complexity index is 789. The van der Waals surface area contributed by atoms with Crippen LogP contribution in [0.3, 0.4) is 0 Å². The van der Waals surface area contributed by atoms with Crippen molar-refractivity contribution in [3.63, 3.8) is 0 Å². The van der Waals surface area contributed by atoms with Crippen LogP contribution in [0.25, 0.3) is 11.4 Å². The maximum Gasteiger partial charge on any atom is 0.412 e. The second kappa shape index (κ2) is 7.12. The molecule has 6 nitrogen and oxygen atoms in total. The largest absolute Gasteiger partial charge is 0.444 e. The quantitative estimate of drug-likeness (QED) is 0.873. The molecule has 0 aliphatic carbocycles. The molecule has 0 spiro atoms. The summed E-state index contributed by atoms with van der Waals surface area (Å²) >= 11 is 0. The molecule has 0 bridgehead atoms. The molecule has 0 atom stereocenters. The van der Waals surface area contributed by atoms with E-state index < -0.39 is 11.7 Å². The van der Waals surface area contributed by atoms with E-state index in [9.17, 15) is 9.59 Å². The number of amides is 1. The van der Waals surface area contributed by atoms with Gasteiger partial charge in [-0.1, -0.05) is 36.4 Å². The number of nitrogens with zero attached hydrogens (tertiary/aromatic N) is 2. The molecule has 0 saturated heterocycles. The zero-order valence-corrected chi connectivity index (χ0v) is 14.1. The minimum absolute atomic E-state index is 0.0609. The van der Waals surface area contributed by atoms with Gasteiger partial charge in [-0.15, -0.1) is 6.58 Å². The standard InChI is InChI=1S/C18H21N3O3/c1-5-11-21-15(13-9-7-6-8-10-13)19-12-14(16(21)22)20-17(23)24-18(2,3)4/h5-10,12H,1,11H2,2-4H3,(H,20,23). The molecule has 1 amide bonds. The van der Waals surface area contributed by atoms with Crippen LogP contribution in [0, 0.1) is 0 Å². The van der Waals surface area contributed by atoms with Gasteiger partial charge in [0.05, 0.1) is 6.20 Å². The van der Waals surface area contributed by atoms with Crippen molar-refractivity contribution in [2.75, 3.05) is 5.32 Å². The van der Waals surface area contributed by atoms with Crippen molar-refractivity contribution in [2.45, 2.75) is 32.9 Å². The SMILES string of the molecule is C=CCn1c(-c2ccccc2)ncc(NC(=O)OC(C)(C)C)c1=O. The fourth-order valence-electron chi connectivity index (χ4n) is 2.11. The predicted octanol–water partition coefficient (Wildman–Crippen LogP) is 3.44. The van der Waals surface area contributed by atoms with Gasteiger partial charge in [0.25, 0.3) is 5.56 Å². The summed E-state index contributed by atoms with van der Waals surface area (Å²) in [5.74, 6) is 0.509. The van der Waals surface area contributed by atoms with Crippen LogP contribution in [0.4, 0.5) is 10.5 Å². The molecule has 1 aromatic carbocycles. The summed E-state index contributed by atoms with van der Waals surface area (Å²) in [4.78, 5) is 28.9. The van der Waals surface area contributed by atoms with Crippen molar-refractivity contribution >= 4 is 11.8 Å². The third-order valence-corrected chi connectivity index (χ3v) is 3.03. The Labute approximate surface area is 140 Å². The zero-order chi connectivity index (χ0) is 17.7. The van der Waals surface area contributed by atoms with Crippen molar-refractivity contribution in [1.29, 1.82) is 0 Å². The molecule has 0 saturated carbocycles. The lowest BCUT2D eigenvalue weighted by molar-refractivity contribution is 0.0635. The Balaban J connectivity index is 2.39. The first-order chi connectivity index (χ1) is 11.3. The number of allylic oxidation sites excluding steroid dienone is 1. The second-order valence-electron chi connectivity index (χ2n) is 6.19. The Hall–Kier alpha value is -2.89. The molecule has 2 rings (SSSR count). The summed E-state index contributed by atoms with van der Waals surface area (Å²) in [5.41, 5.74) is -0.151. The van der Waals surface area contributed by atoms with E-state index in [4.69, 9.17) is 4.74 Å². The van der Waals surface area contributed by atoms with Crippen LogP contribution >= 0.6 is 0 Å². The van der Waals surface area contributed by atoms with Crippen molar-refractivity contribution in [3.05, 3.63) is 59.5 Å². The average Bonchev–Trinajstić information content (AvgIpc) is 2.50. The molecule has 24 heavy (non-hydrogen) atoms. The van der Waals surface area contributed by atoms with Crippen LogP contribution in [-0.4, -0.2) is 21.2 Å². The summed E-state index contributed by atoms with van der Waals surface area (Å²) in [6.07, 6.45) is 2.25. The highest BCUT2D eigenvalue weighted by Crippen LogP contribution is 2.16. The topological polar surface area (TPSA) is 73.2 Å². The molecular weight excluding hydrogens is 306 g/mol. The number of carbonyl (C=O) groups is 1. The van der Waals surface area contributed by atoms with Crippen LogP contribution in [0.1, 0.15) is 20.8 Å². The second-order valence-corrected chi connectivity index (χ2v) is 6.19. The molecule has 6 heteroatoms. The van der Waals surface area contributed by atoms with Crippen molar-refractivity contribution in [2.24, 2.45) is 0 Å². The average molecular weight is 327 g/mol. The summed E-state index contributed by atoms with van der Waals surface area (Å²) < 4.78 is 6.62. The number of anilines is 1. The van der Waals surface area contributed by atoms with Crippen LogP contribution in [-0.2, 0) is 11.3 Å². The fourth-order valence-corrected chi connectivity index (χ4v) is 2.11. The highest BCUT2D eigenvalue weighted by Gasteiger charge is 2.18. The number of nitrogens with one attached hydrogen (secondary N) is 1. The molecule has 126 valence electrons. The molecule has 0 aliphatic heterocycles. The van der Waals surface area contributed by atoms with E-state index in [1.54, 1.807) is 26.8 Å². The van der Waals surface area contributed by atoms with Crippen molar-refractivity contribution < 1.29 is 9.53 Å². The number of hydrogen-bond acceptors (Lipinski definition) is 4. The van der Waals surface area contributed by atoms with Crippen LogP contribution in [0.2, 0.25) is 0 Å². The van der Waals surface area contributed by atoms with E-state index in [1.807, 2.05) is 30.3 Å². The number of ether oxygens (including phenoxy) is 1. The van der Waals surface area contributed by atoms with Gasteiger partial charge in [-0.25, -0.2) is 9.78 Å². The predicted molar refractivity (Wildman–Crippen MR) is 94.0 cm³/mol. The molecule has 0 unspecified atom stereocenters. The number of hydrogen-bond donors (Lipinski definition) is 1. The lowest BCUT2D eigenvalue weighted by Crippen LogP contribution is -2.31. The first-order valence-electron chi connectivity index (χ1n) is 7.58. The summed E-state index contributed by atoms with van der Waals surface area (Å²) in [6, 6.07) is 9.35. The number of aromatic nitrogens is 2. The van der Waals surface area contributed by atoms with E-state index in [0.29, 0.717) is 5.82 Å². The molecule has 0 fully saturated rings. The normalized spacial score (nSPS) is 11.0. The van der Waals surface area contributed by atoms with Crippen LogP contribution < -0.4 is 10.9 Å². The molecule has 0 aliphatic rings. The summed E-state index contributed by atoms with van der Waals surface area (Å²) in [5, 5.41) is 2.45. The van der Waals surface area contributed by atoms with E-state index in [-0.39, 0.29) is 17.8 Å². The van der Waals surface area contributed by atoms with Gasteiger partial charge in [-0.2, -0.15) is 0 Å². The third kappa shape index (κ3) is 4.32. The number of carbonyl (C=O) groups excluding carboxylic acids is 1. The maximum absolute atomic E-state index is 12.7. The van der Waals surface area contributed by atoms with E-state index in [2.05, 4.69) is 16.9 Å². The highest BCUT2D eigenvalue weighted by molar-refractivity contribution is 5.84. The minimum Gasteiger partial charge on any atom is -0.444 e. The van der Waals surface area contributed by atoms with Gasteiger partial charge in [0.15, 0.2) is 0 Å². The smallest absolute Gasteiger partial charge is 0.412 e. The molecule has 0 radical (unpaired) electrons. The van der Waals surface area contributed by atoms with Gasteiger partial charge in [0.1, 0.15) is 17.1 Å². The molecule has 2 aromatic rings. The minimum atomic E-state index is -0.695. The summed E-state index contributed by atoms with van der Waals surface area (Å²) in [6.45, 7) is 9.20. The van der Waals surface area contributed by atoms with Crippen molar-refractivity contribution in [3.8, 4) is 11.4 Å². The molecule has 1 aromatic heterocycles. The number of benzene rings is 1.